The average molecular weight is 590 g/mol. The van der Waals surface area contributed by atoms with E-state index < -0.39 is 17.6 Å². The van der Waals surface area contributed by atoms with Crippen molar-refractivity contribution >= 4 is 50.2 Å². The first-order chi connectivity index (χ1) is 21.0. The Morgan fingerprint density at radius 1 is 0.837 bits per heavy atom. The highest BCUT2D eigenvalue weighted by atomic mass is 32.1. The fraction of sp³-hybridized carbons (Fsp3) is 0.200. The number of hydrogen-bond donors (Lipinski definition) is 2. The molecular formula is C35H35N5O2S. The van der Waals surface area contributed by atoms with Crippen molar-refractivity contribution in [3.63, 3.8) is 0 Å². The minimum Gasteiger partial charge on any atom is -0.354 e. The maximum atomic E-state index is 13.1. The van der Waals surface area contributed by atoms with Crippen molar-refractivity contribution in [2.75, 3.05) is 30.3 Å². The zero-order chi connectivity index (χ0) is 30.6. The third kappa shape index (κ3) is 8.13. The standard InChI is InChI=1S/C29H20N4O2S.C6H15N/c30-16-24(29(35)33-21-9-5-2-6-10-21)28(34)26-15-23-25(17-31-18-27(23)36-26)32-22-13-11-20(12-14-22)19-7-3-1-4-8-19;1-4-7(5-2)6-3/h1-15,17-18,24,32H,(H,33,35);4-6H2,1-3H3. The van der Waals surface area contributed by atoms with Gasteiger partial charge in [0.25, 0.3) is 0 Å². The van der Waals surface area contributed by atoms with Crippen LogP contribution in [0.5, 0.6) is 0 Å². The van der Waals surface area contributed by atoms with Crippen LogP contribution in [0.4, 0.5) is 17.1 Å². The number of thiophene rings is 1. The van der Waals surface area contributed by atoms with Gasteiger partial charge in [-0.15, -0.1) is 11.3 Å². The molecule has 7 nitrogen and oxygen atoms in total. The van der Waals surface area contributed by atoms with Gasteiger partial charge >= 0.3 is 0 Å². The van der Waals surface area contributed by atoms with Crippen LogP contribution in [0.3, 0.4) is 0 Å². The number of Topliss-reactive ketones (excluding diaryl/α,β-unsaturated/α-hetero) is 1. The molecule has 0 aliphatic carbocycles. The number of nitriles is 1. The quantitative estimate of drug-likeness (QED) is 0.126. The number of fused-ring (bicyclic) bond motifs is 1. The van der Waals surface area contributed by atoms with Gasteiger partial charge in [-0.25, -0.2) is 0 Å². The lowest BCUT2D eigenvalue weighted by molar-refractivity contribution is -0.117. The molecule has 0 bridgehead atoms. The largest absolute Gasteiger partial charge is 0.354 e. The Morgan fingerprint density at radius 2 is 1.44 bits per heavy atom. The minimum absolute atomic E-state index is 0.329. The topological polar surface area (TPSA) is 98.1 Å². The van der Waals surface area contributed by atoms with Gasteiger partial charge in [0.2, 0.25) is 5.91 Å². The first-order valence-electron chi connectivity index (χ1n) is 14.3. The molecule has 0 saturated carbocycles. The number of amides is 1. The van der Waals surface area contributed by atoms with Gasteiger partial charge in [-0.3, -0.25) is 14.6 Å². The molecule has 0 radical (unpaired) electrons. The van der Waals surface area contributed by atoms with Crippen molar-refractivity contribution in [2.24, 2.45) is 5.92 Å². The molecule has 0 saturated heterocycles. The predicted molar refractivity (Wildman–Crippen MR) is 177 cm³/mol. The molecule has 1 amide bonds. The molecule has 2 N–H and O–H groups in total. The summed E-state index contributed by atoms with van der Waals surface area (Å²) in [5, 5.41) is 16.4. The molecule has 43 heavy (non-hydrogen) atoms. The van der Waals surface area contributed by atoms with Crippen LogP contribution in [0.1, 0.15) is 30.4 Å². The van der Waals surface area contributed by atoms with Gasteiger partial charge in [-0.05, 0) is 61.1 Å². The van der Waals surface area contributed by atoms with Gasteiger partial charge in [-0.2, -0.15) is 5.26 Å². The van der Waals surface area contributed by atoms with Gasteiger partial charge in [0.15, 0.2) is 11.7 Å². The Balaban J connectivity index is 0.000000541. The van der Waals surface area contributed by atoms with Crippen molar-refractivity contribution in [1.82, 2.24) is 9.88 Å². The van der Waals surface area contributed by atoms with E-state index in [1.54, 1.807) is 42.7 Å². The number of anilines is 3. The van der Waals surface area contributed by atoms with Crippen LogP contribution in [-0.4, -0.2) is 41.2 Å². The summed E-state index contributed by atoms with van der Waals surface area (Å²) in [5.74, 6) is -2.64. The molecule has 2 heterocycles. The van der Waals surface area contributed by atoms with E-state index in [0.717, 1.165) is 32.6 Å². The van der Waals surface area contributed by atoms with Crippen LogP contribution < -0.4 is 10.6 Å². The van der Waals surface area contributed by atoms with E-state index in [1.807, 2.05) is 54.6 Å². The zero-order valence-corrected chi connectivity index (χ0v) is 25.4. The molecule has 0 fully saturated rings. The van der Waals surface area contributed by atoms with Crippen LogP contribution in [0.15, 0.2) is 103 Å². The monoisotopic (exact) mass is 589 g/mol. The average Bonchev–Trinajstić information content (AvgIpc) is 3.50. The van der Waals surface area contributed by atoms with Crippen molar-refractivity contribution < 1.29 is 9.59 Å². The molecule has 5 aromatic rings. The molecule has 0 aliphatic rings. The summed E-state index contributed by atoms with van der Waals surface area (Å²) in [7, 11) is 0. The highest BCUT2D eigenvalue weighted by Gasteiger charge is 2.29. The molecule has 1 atom stereocenters. The summed E-state index contributed by atoms with van der Waals surface area (Å²) in [4.78, 5) is 32.7. The second-order valence-electron chi connectivity index (χ2n) is 9.68. The van der Waals surface area contributed by atoms with Crippen molar-refractivity contribution in [1.29, 1.82) is 5.26 Å². The summed E-state index contributed by atoms with van der Waals surface area (Å²) in [6.45, 7) is 10.1. The number of ketones is 1. The summed E-state index contributed by atoms with van der Waals surface area (Å²) in [6, 6.07) is 30.5. The Labute approximate surface area is 256 Å². The lowest BCUT2D eigenvalue weighted by Gasteiger charge is -2.13. The molecule has 0 spiro atoms. The Kier molecular flexibility index (Phi) is 11.1. The number of para-hydroxylation sites is 1. The molecule has 2 aromatic heterocycles. The number of carbonyl (C=O) groups is 2. The highest BCUT2D eigenvalue weighted by molar-refractivity contribution is 7.21. The third-order valence-electron chi connectivity index (χ3n) is 7.00. The van der Waals surface area contributed by atoms with Crippen LogP contribution in [0.2, 0.25) is 0 Å². The van der Waals surface area contributed by atoms with Crippen LogP contribution >= 0.6 is 11.3 Å². The molecule has 8 heteroatoms. The lowest BCUT2D eigenvalue weighted by Crippen LogP contribution is -2.28. The van der Waals surface area contributed by atoms with Crippen molar-refractivity contribution in [3.8, 4) is 17.2 Å². The van der Waals surface area contributed by atoms with Gasteiger partial charge in [0.05, 0.1) is 27.5 Å². The van der Waals surface area contributed by atoms with Crippen molar-refractivity contribution in [3.05, 3.63) is 108 Å². The third-order valence-corrected chi connectivity index (χ3v) is 8.08. The number of rotatable bonds is 10. The Morgan fingerprint density at radius 3 is 2.02 bits per heavy atom. The summed E-state index contributed by atoms with van der Waals surface area (Å²) in [5.41, 5.74) is 4.38. The number of hydrogen-bond acceptors (Lipinski definition) is 7. The Hall–Kier alpha value is -4.84. The number of aromatic nitrogens is 1. The van der Waals surface area contributed by atoms with E-state index in [0.29, 0.717) is 10.6 Å². The highest BCUT2D eigenvalue weighted by Crippen LogP contribution is 2.34. The predicted octanol–water partition coefficient (Wildman–Crippen LogP) is 8.02. The van der Waals surface area contributed by atoms with Crippen molar-refractivity contribution in [2.45, 2.75) is 20.8 Å². The van der Waals surface area contributed by atoms with Gasteiger partial charge in [0, 0.05) is 23.0 Å². The molecular weight excluding hydrogens is 554 g/mol. The number of pyridine rings is 1. The van der Waals surface area contributed by atoms with E-state index in [9.17, 15) is 14.9 Å². The number of nitrogens with zero attached hydrogens (tertiary/aromatic N) is 3. The van der Waals surface area contributed by atoms with Crippen LogP contribution in [0.25, 0.3) is 21.2 Å². The lowest BCUT2D eigenvalue weighted by atomic mass is 10.0. The summed E-state index contributed by atoms with van der Waals surface area (Å²) in [6.07, 6.45) is 3.37. The van der Waals surface area contributed by atoms with Crippen LogP contribution in [0, 0.1) is 17.2 Å². The van der Waals surface area contributed by atoms with Gasteiger partial charge < -0.3 is 15.5 Å². The maximum Gasteiger partial charge on any atom is 0.249 e. The van der Waals surface area contributed by atoms with Gasteiger partial charge in [0.1, 0.15) is 0 Å². The second-order valence-corrected chi connectivity index (χ2v) is 10.8. The molecule has 5 rings (SSSR count). The van der Waals surface area contributed by atoms with E-state index in [-0.39, 0.29) is 0 Å². The zero-order valence-electron chi connectivity index (χ0n) is 24.6. The molecule has 3 aromatic carbocycles. The van der Waals surface area contributed by atoms with E-state index in [1.165, 1.54) is 31.0 Å². The van der Waals surface area contributed by atoms with E-state index >= 15 is 0 Å². The first-order valence-corrected chi connectivity index (χ1v) is 15.1. The SMILES string of the molecule is CCN(CC)CC.N#CC(C(=O)Nc1ccccc1)C(=O)c1cc2c(Nc3ccc(-c4ccccc4)cc3)cncc2s1. The number of carbonyl (C=O) groups excluding carboxylic acids is 2. The van der Waals surface area contributed by atoms with E-state index in [2.05, 4.69) is 53.4 Å². The summed E-state index contributed by atoms with van der Waals surface area (Å²) < 4.78 is 0.782. The fourth-order valence-corrected chi connectivity index (χ4v) is 5.52. The molecule has 0 aliphatic heterocycles. The second kappa shape index (κ2) is 15.4. The van der Waals surface area contributed by atoms with Crippen LogP contribution in [-0.2, 0) is 4.79 Å². The normalized spacial score (nSPS) is 11.2. The number of nitrogens with one attached hydrogen (secondary N) is 2. The smallest absolute Gasteiger partial charge is 0.249 e. The fourth-order valence-electron chi connectivity index (χ4n) is 4.50. The molecule has 1 unspecified atom stereocenters. The number of benzene rings is 3. The summed E-state index contributed by atoms with van der Waals surface area (Å²) >= 11 is 1.21. The van der Waals surface area contributed by atoms with Gasteiger partial charge in [-0.1, -0.05) is 81.4 Å². The van der Waals surface area contributed by atoms with E-state index in [4.69, 9.17) is 0 Å². The first kappa shape index (κ1) is 31.1. The molecule has 218 valence electrons. The maximum absolute atomic E-state index is 13.1. The minimum atomic E-state index is -1.45. The Bertz CT molecular complexity index is 1670.